The summed E-state index contributed by atoms with van der Waals surface area (Å²) >= 11 is 0.762. The van der Waals surface area contributed by atoms with Gasteiger partial charge in [0.1, 0.15) is 0 Å². The fourth-order valence-corrected chi connectivity index (χ4v) is 2.58. The minimum atomic E-state index is -4.53. The lowest BCUT2D eigenvalue weighted by atomic mass is 10.3. The summed E-state index contributed by atoms with van der Waals surface area (Å²) in [6.07, 6.45) is -1.49. The van der Waals surface area contributed by atoms with Crippen LogP contribution in [0.2, 0.25) is 0 Å². The van der Waals surface area contributed by atoms with E-state index in [-0.39, 0.29) is 10.8 Å². The van der Waals surface area contributed by atoms with Gasteiger partial charge in [0.15, 0.2) is 16.5 Å². The highest BCUT2D eigenvalue weighted by Gasteiger charge is 2.34. The monoisotopic (exact) mass is 327 g/mol. The Labute approximate surface area is 125 Å². The lowest BCUT2D eigenvalue weighted by molar-refractivity contribution is -0.140. The zero-order chi connectivity index (χ0) is 15.9. The van der Waals surface area contributed by atoms with E-state index in [0.717, 1.165) is 16.7 Å². The number of hydrogen-bond donors (Lipinski definition) is 1. The van der Waals surface area contributed by atoms with Crippen molar-refractivity contribution in [2.24, 2.45) is 7.05 Å². The number of aromatic amines is 1. The third kappa shape index (κ3) is 2.64. The molecule has 114 valence electrons. The summed E-state index contributed by atoms with van der Waals surface area (Å²) in [4.78, 5) is 25.7. The Morgan fingerprint density at radius 2 is 2.09 bits per heavy atom. The third-order valence-corrected chi connectivity index (χ3v) is 3.67. The summed E-state index contributed by atoms with van der Waals surface area (Å²) in [5.74, 6) is -0.0100. The molecule has 0 aliphatic rings. The minimum absolute atomic E-state index is 0.00607. The molecule has 0 fully saturated rings. The predicted octanol–water partition coefficient (Wildman–Crippen LogP) is 2.31. The number of nitrogens with zero attached hydrogens (tertiary/aromatic N) is 4. The fraction of sp³-hybridized carbons (Fsp3) is 0.167. The van der Waals surface area contributed by atoms with Crippen molar-refractivity contribution in [1.82, 2.24) is 24.5 Å². The van der Waals surface area contributed by atoms with Crippen LogP contribution in [0.5, 0.6) is 0 Å². The maximum atomic E-state index is 12.6. The lowest BCUT2D eigenvalue weighted by Gasteiger charge is -2.03. The molecule has 22 heavy (non-hydrogen) atoms. The molecule has 10 heteroatoms. The Bertz CT molecular complexity index is 879. The van der Waals surface area contributed by atoms with Crippen LogP contribution in [-0.2, 0) is 13.2 Å². The summed E-state index contributed by atoms with van der Waals surface area (Å²) in [5.41, 5.74) is -0.617. The van der Waals surface area contributed by atoms with Gasteiger partial charge in [0.2, 0.25) is 0 Å². The van der Waals surface area contributed by atoms with Gasteiger partial charge in [0, 0.05) is 18.5 Å². The number of nitrogens with one attached hydrogen (secondary N) is 1. The van der Waals surface area contributed by atoms with Crippen LogP contribution in [0.15, 0.2) is 28.8 Å². The molecule has 0 bridgehead atoms. The first-order chi connectivity index (χ1) is 10.3. The number of hydrogen-bond acceptors (Lipinski definition) is 5. The summed E-state index contributed by atoms with van der Waals surface area (Å²) in [6.45, 7) is 0. The number of aryl methyl sites for hydroxylation is 1. The van der Waals surface area contributed by atoms with Crippen LogP contribution in [0.25, 0.3) is 22.2 Å². The van der Waals surface area contributed by atoms with E-state index < -0.39 is 17.4 Å². The molecule has 6 nitrogen and oxygen atoms in total. The number of thiazole rings is 1. The van der Waals surface area contributed by atoms with Crippen molar-refractivity contribution in [1.29, 1.82) is 0 Å². The van der Waals surface area contributed by atoms with Gasteiger partial charge in [-0.25, -0.2) is 15.0 Å². The van der Waals surface area contributed by atoms with Gasteiger partial charge in [-0.3, -0.25) is 4.79 Å². The van der Waals surface area contributed by atoms with Crippen molar-refractivity contribution in [3.05, 3.63) is 40.0 Å². The maximum absolute atomic E-state index is 12.6. The molecule has 1 N–H and O–H groups in total. The van der Waals surface area contributed by atoms with Gasteiger partial charge in [-0.1, -0.05) is 0 Å². The van der Waals surface area contributed by atoms with Gasteiger partial charge >= 0.3 is 6.18 Å². The molecule has 0 atom stereocenters. The SMILES string of the molecule is Cn1cncc1-c1cc(=O)[nH]c(-c2nc(C(F)(F)F)cs2)n1. The second kappa shape index (κ2) is 5.05. The first-order valence-corrected chi connectivity index (χ1v) is 6.84. The van der Waals surface area contributed by atoms with E-state index >= 15 is 0 Å². The van der Waals surface area contributed by atoms with Crippen molar-refractivity contribution in [2.45, 2.75) is 6.18 Å². The molecule has 0 spiro atoms. The van der Waals surface area contributed by atoms with Gasteiger partial charge in [-0.2, -0.15) is 13.2 Å². The largest absolute Gasteiger partial charge is 0.434 e. The first kappa shape index (κ1) is 14.4. The highest BCUT2D eigenvalue weighted by atomic mass is 32.1. The first-order valence-electron chi connectivity index (χ1n) is 5.96. The number of imidazole rings is 1. The van der Waals surface area contributed by atoms with Gasteiger partial charge < -0.3 is 9.55 Å². The Kier molecular flexibility index (Phi) is 3.32. The normalized spacial score (nSPS) is 11.8. The molecule has 3 rings (SSSR count). The zero-order valence-corrected chi connectivity index (χ0v) is 11.9. The van der Waals surface area contributed by atoms with E-state index in [4.69, 9.17) is 0 Å². The smallest absolute Gasteiger partial charge is 0.332 e. The molecule has 0 aliphatic carbocycles. The van der Waals surface area contributed by atoms with Crippen LogP contribution in [0.3, 0.4) is 0 Å². The molecule has 0 saturated carbocycles. The molecule has 3 aromatic rings. The van der Waals surface area contributed by atoms with Crippen LogP contribution in [-0.4, -0.2) is 24.5 Å². The summed E-state index contributed by atoms with van der Waals surface area (Å²) in [6, 6.07) is 1.25. The third-order valence-electron chi connectivity index (χ3n) is 2.82. The molecule has 0 aliphatic heterocycles. The fourth-order valence-electron chi connectivity index (χ4n) is 1.81. The Hall–Kier alpha value is -2.49. The zero-order valence-electron chi connectivity index (χ0n) is 11.0. The lowest BCUT2D eigenvalue weighted by Crippen LogP contribution is -2.10. The van der Waals surface area contributed by atoms with Crippen LogP contribution >= 0.6 is 11.3 Å². The van der Waals surface area contributed by atoms with E-state index in [9.17, 15) is 18.0 Å². The topological polar surface area (TPSA) is 76.5 Å². The van der Waals surface area contributed by atoms with E-state index in [0.29, 0.717) is 11.4 Å². The van der Waals surface area contributed by atoms with Gasteiger partial charge in [-0.15, -0.1) is 11.3 Å². The van der Waals surface area contributed by atoms with Crippen molar-refractivity contribution in [3.63, 3.8) is 0 Å². The summed E-state index contributed by atoms with van der Waals surface area (Å²) < 4.78 is 39.4. The number of H-pyrrole nitrogens is 1. The highest BCUT2D eigenvalue weighted by Crippen LogP contribution is 2.32. The molecule has 0 radical (unpaired) electrons. The molecular formula is C12H8F3N5OS. The molecule has 0 aromatic carbocycles. The van der Waals surface area contributed by atoms with Crippen molar-refractivity contribution >= 4 is 11.3 Å². The Balaban J connectivity index is 2.09. The predicted molar refractivity (Wildman–Crippen MR) is 73.2 cm³/mol. The van der Waals surface area contributed by atoms with Gasteiger partial charge in [0.25, 0.3) is 5.56 Å². The molecule has 0 amide bonds. The average molecular weight is 327 g/mol. The number of rotatable bonds is 2. The van der Waals surface area contributed by atoms with E-state index in [1.165, 1.54) is 18.6 Å². The van der Waals surface area contributed by atoms with Gasteiger partial charge in [-0.05, 0) is 0 Å². The molecule has 0 saturated heterocycles. The number of halogens is 3. The summed E-state index contributed by atoms with van der Waals surface area (Å²) in [5, 5.41) is 0.875. The quantitative estimate of drug-likeness (QED) is 0.783. The molecule has 3 heterocycles. The minimum Gasteiger partial charge on any atom is -0.332 e. The molecule has 0 unspecified atom stereocenters. The van der Waals surface area contributed by atoms with Crippen LogP contribution in [0.1, 0.15) is 5.69 Å². The highest BCUT2D eigenvalue weighted by molar-refractivity contribution is 7.13. The number of alkyl halides is 3. The Morgan fingerprint density at radius 3 is 2.68 bits per heavy atom. The van der Waals surface area contributed by atoms with Crippen LogP contribution < -0.4 is 5.56 Å². The van der Waals surface area contributed by atoms with Crippen LogP contribution in [0.4, 0.5) is 13.2 Å². The second-order valence-corrected chi connectivity index (χ2v) is 5.26. The molecular weight excluding hydrogens is 319 g/mol. The molecule has 3 aromatic heterocycles. The van der Waals surface area contributed by atoms with Crippen molar-refractivity contribution < 1.29 is 13.2 Å². The second-order valence-electron chi connectivity index (χ2n) is 4.40. The van der Waals surface area contributed by atoms with Gasteiger partial charge in [0.05, 0.1) is 23.9 Å². The van der Waals surface area contributed by atoms with E-state index in [1.807, 2.05) is 0 Å². The average Bonchev–Trinajstić information content (AvgIpc) is 3.05. The van der Waals surface area contributed by atoms with Crippen LogP contribution in [0, 0.1) is 0 Å². The summed E-state index contributed by atoms with van der Waals surface area (Å²) in [7, 11) is 1.72. The van der Waals surface area contributed by atoms with Crippen molar-refractivity contribution in [3.8, 4) is 22.2 Å². The number of aromatic nitrogens is 5. The van der Waals surface area contributed by atoms with Crippen molar-refractivity contribution in [2.75, 3.05) is 0 Å². The maximum Gasteiger partial charge on any atom is 0.434 e. The Morgan fingerprint density at radius 1 is 1.32 bits per heavy atom. The van der Waals surface area contributed by atoms with E-state index in [1.54, 1.807) is 11.6 Å². The van der Waals surface area contributed by atoms with E-state index in [2.05, 4.69) is 19.9 Å². The standard InChI is InChI=1S/C12H8F3N5OS/c1-20-5-16-3-7(20)6-2-9(21)19-10(17-6)11-18-8(4-22-11)12(13,14)15/h2-5H,1H3,(H,17,19,21).